The molecule has 144 valence electrons. The number of hydrazone groups is 1. The van der Waals surface area contributed by atoms with E-state index in [1.54, 1.807) is 38.1 Å². The summed E-state index contributed by atoms with van der Waals surface area (Å²) >= 11 is 0. The number of nitrogens with zero attached hydrogens (tertiary/aromatic N) is 2. The summed E-state index contributed by atoms with van der Waals surface area (Å²) in [4.78, 5) is 12.3. The highest BCUT2D eigenvalue weighted by Crippen LogP contribution is 2.23. The molecule has 27 heavy (non-hydrogen) atoms. The highest BCUT2D eigenvalue weighted by molar-refractivity contribution is 7.92. The fourth-order valence-corrected chi connectivity index (χ4v) is 3.45. The summed E-state index contributed by atoms with van der Waals surface area (Å²) in [5, 5.41) is 3.96. The highest BCUT2D eigenvalue weighted by atomic mass is 32.2. The summed E-state index contributed by atoms with van der Waals surface area (Å²) < 4.78 is 38.3. The predicted octanol–water partition coefficient (Wildman–Crippen LogP) is 2.75. The number of sulfonamides is 1. The number of hydrogen-bond acceptors (Lipinski definition) is 4. The van der Waals surface area contributed by atoms with Gasteiger partial charge in [0.15, 0.2) is 0 Å². The third-order valence-corrected chi connectivity index (χ3v) is 5.05. The molecule has 0 radical (unpaired) electrons. The van der Waals surface area contributed by atoms with E-state index in [0.717, 1.165) is 21.7 Å². The van der Waals surface area contributed by atoms with Crippen molar-refractivity contribution in [2.24, 2.45) is 5.10 Å². The molecule has 0 saturated carbocycles. The maximum atomic E-state index is 13.0. The lowest BCUT2D eigenvalue weighted by molar-refractivity contribution is -0.119. The molecule has 0 atom stereocenters. The van der Waals surface area contributed by atoms with Crippen molar-refractivity contribution in [1.29, 1.82) is 0 Å². The van der Waals surface area contributed by atoms with E-state index in [4.69, 9.17) is 0 Å². The summed E-state index contributed by atoms with van der Waals surface area (Å²) in [6.07, 6.45) is 1.05. The van der Waals surface area contributed by atoms with Crippen LogP contribution in [0.3, 0.4) is 0 Å². The summed E-state index contributed by atoms with van der Waals surface area (Å²) in [7, 11) is -3.66. The Kier molecular flexibility index (Phi) is 6.32. The topological polar surface area (TPSA) is 78.8 Å². The van der Waals surface area contributed by atoms with Crippen LogP contribution in [0.4, 0.5) is 10.1 Å². The maximum absolute atomic E-state index is 13.0. The largest absolute Gasteiger partial charge is 0.271 e. The predicted molar refractivity (Wildman–Crippen MR) is 105 cm³/mol. The number of amides is 1. The van der Waals surface area contributed by atoms with Gasteiger partial charge in [0.2, 0.25) is 10.0 Å². The lowest BCUT2D eigenvalue weighted by atomic mass is 10.1. The van der Waals surface area contributed by atoms with Gasteiger partial charge in [-0.1, -0.05) is 29.8 Å². The number of rotatable bonds is 6. The molecule has 6 nitrogen and oxygen atoms in total. The van der Waals surface area contributed by atoms with Crippen molar-refractivity contribution >= 4 is 27.3 Å². The first-order valence-corrected chi connectivity index (χ1v) is 10.1. The first kappa shape index (κ1) is 20.6. The van der Waals surface area contributed by atoms with Crippen LogP contribution < -0.4 is 9.73 Å². The Morgan fingerprint density at radius 2 is 1.78 bits per heavy atom. The van der Waals surface area contributed by atoms with Crippen molar-refractivity contribution in [3.8, 4) is 0 Å². The number of carbonyl (C=O) groups excluding carboxylic acids is 1. The summed E-state index contributed by atoms with van der Waals surface area (Å²) in [6.45, 7) is 4.95. The second kappa shape index (κ2) is 8.30. The monoisotopic (exact) mass is 391 g/mol. The van der Waals surface area contributed by atoms with Crippen molar-refractivity contribution in [3.63, 3.8) is 0 Å². The third-order valence-electron chi connectivity index (χ3n) is 3.92. The Balaban J connectivity index is 2.17. The molecular formula is C19H22FN3O3S. The molecule has 8 heteroatoms. The molecule has 0 fully saturated rings. The van der Waals surface area contributed by atoms with Crippen molar-refractivity contribution in [1.82, 2.24) is 5.43 Å². The smallest absolute Gasteiger partial charge is 0.260 e. The standard InChI is InChI=1S/C19H22FN3O3S/c1-13-5-10-18(14(2)11-13)23(27(4,25)26)12-19(24)22-21-15(3)16-6-8-17(20)9-7-16/h5-11H,12H2,1-4H3,(H,22,24)/b21-15-. The van der Waals surface area contributed by atoms with Crippen molar-refractivity contribution in [2.75, 3.05) is 17.1 Å². The SMILES string of the molecule is C/C(=N/NC(=O)CN(c1ccc(C)cc1C)S(C)(=O)=O)c1ccc(F)cc1. The van der Waals surface area contributed by atoms with Crippen molar-refractivity contribution in [2.45, 2.75) is 20.8 Å². The minimum Gasteiger partial charge on any atom is -0.271 e. The van der Waals surface area contributed by atoms with E-state index >= 15 is 0 Å². The van der Waals surface area contributed by atoms with Crippen LogP contribution in [-0.4, -0.2) is 32.8 Å². The summed E-state index contributed by atoms with van der Waals surface area (Å²) in [5.41, 5.74) is 5.65. The fraction of sp³-hybridized carbons (Fsp3) is 0.263. The van der Waals surface area contributed by atoms with Gasteiger partial charge >= 0.3 is 0 Å². The van der Waals surface area contributed by atoms with Gasteiger partial charge in [-0.15, -0.1) is 0 Å². The summed E-state index contributed by atoms with van der Waals surface area (Å²) in [6, 6.07) is 11.0. The third kappa shape index (κ3) is 5.62. The van der Waals surface area contributed by atoms with Crippen LogP contribution in [0, 0.1) is 19.7 Å². The van der Waals surface area contributed by atoms with Gasteiger partial charge in [0, 0.05) is 0 Å². The van der Waals surface area contributed by atoms with Gasteiger partial charge in [-0.25, -0.2) is 18.2 Å². The van der Waals surface area contributed by atoms with E-state index in [-0.39, 0.29) is 5.82 Å². The highest BCUT2D eigenvalue weighted by Gasteiger charge is 2.22. The molecule has 0 aromatic heterocycles. The minimum atomic E-state index is -3.66. The molecule has 0 aliphatic heterocycles. The Morgan fingerprint density at radius 1 is 1.15 bits per heavy atom. The normalized spacial score (nSPS) is 12.0. The first-order chi connectivity index (χ1) is 12.6. The number of halogens is 1. The number of aryl methyl sites for hydroxylation is 2. The molecule has 0 saturated heterocycles. The Morgan fingerprint density at radius 3 is 2.33 bits per heavy atom. The zero-order valence-electron chi connectivity index (χ0n) is 15.7. The zero-order valence-corrected chi connectivity index (χ0v) is 16.5. The lowest BCUT2D eigenvalue weighted by Gasteiger charge is -2.23. The lowest BCUT2D eigenvalue weighted by Crippen LogP contribution is -2.39. The number of hydrogen-bond donors (Lipinski definition) is 1. The number of nitrogens with one attached hydrogen (secondary N) is 1. The Labute approximate surface area is 158 Å². The van der Waals surface area contributed by atoms with Gasteiger partial charge in [-0.05, 0) is 50.1 Å². The molecule has 0 unspecified atom stereocenters. The van der Waals surface area contributed by atoms with E-state index in [9.17, 15) is 17.6 Å². The average molecular weight is 391 g/mol. The van der Waals surface area contributed by atoms with Gasteiger partial charge in [-0.2, -0.15) is 5.10 Å². The van der Waals surface area contributed by atoms with Crippen LogP contribution in [0.25, 0.3) is 0 Å². The average Bonchev–Trinajstić information content (AvgIpc) is 2.58. The second-order valence-electron chi connectivity index (χ2n) is 6.30. The number of anilines is 1. The second-order valence-corrected chi connectivity index (χ2v) is 8.21. The van der Waals surface area contributed by atoms with Crippen LogP contribution in [0.5, 0.6) is 0 Å². The van der Waals surface area contributed by atoms with E-state index in [1.807, 2.05) is 13.0 Å². The minimum absolute atomic E-state index is 0.368. The van der Waals surface area contributed by atoms with Crippen LogP contribution >= 0.6 is 0 Å². The fourth-order valence-electron chi connectivity index (χ4n) is 2.53. The first-order valence-electron chi connectivity index (χ1n) is 8.22. The van der Waals surface area contributed by atoms with Crippen molar-refractivity contribution < 1.29 is 17.6 Å². The Hall–Kier alpha value is -2.74. The van der Waals surface area contributed by atoms with Crippen LogP contribution in [0.2, 0.25) is 0 Å². The molecular weight excluding hydrogens is 369 g/mol. The van der Waals surface area contributed by atoms with Gasteiger partial charge in [0.05, 0.1) is 17.7 Å². The molecule has 0 bridgehead atoms. The molecule has 2 aromatic rings. The van der Waals surface area contributed by atoms with Gasteiger partial charge < -0.3 is 0 Å². The summed E-state index contributed by atoms with van der Waals surface area (Å²) in [5.74, 6) is -0.949. The number of carbonyl (C=O) groups is 1. The van der Waals surface area contributed by atoms with E-state index < -0.39 is 22.5 Å². The van der Waals surface area contributed by atoms with Crippen LogP contribution in [0.15, 0.2) is 47.6 Å². The molecule has 2 rings (SSSR count). The van der Waals surface area contributed by atoms with E-state index in [1.165, 1.54) is 12.1 Å². The van der Waals surface area contributed by atoms with Gasteiger partial charge in [-0.3, -0.25) is 9.10 Å². The van der Waals surface area contributed by atoms with Gasteiger partial charge in [0.1, 0.15) is 12.4 Å². The van der Waals surface area contributed by atoms with E-state index in [2.05, 4.69) is 10.5 Å². The maximum Gasteiger partial charge on any atom is 0.260 e. The molecule has 0 aliphatic carbocycles. The molecule has 1 N–H and O–H groups in total. The van der Waals surface area contributed by atoms with E-state index in [0.29, 0.717) is 17.0 Å². The van der Waals surface area contributed by atoms with Crippen LogP contribution in [-0.2, 0) is 14.8 Å². The van der Waals surface area contributed by atoms with Crippen molar-refractivity contribution in [3.05, 3.63) is 65.0 Å². The quantitative estimate of drug-likeness (QED) is 0.607. The molecule has 1 amide bonds. The zero-order chi connectivity index (χ0) is 20.2. The van der Waals surface area contributed by atoms with Crippen LogP contribution in [0.1, 0.15) is 23.6 Å². The molecule has 0 aliphatic rings. The molecule has 0 heterocycles. The van der Waals surface area contributed by atoms with Gasteiger partial charge in [0.25, 0.3) is 5.91 Å². The molecule has 0 spiro atoms. The number of benzene rings is 2. The molecule has 2 aromatic carbocycles. The Bertz CT molecular complexity index is 970.